The van der Waals surface area contributed by atoms with Crippen LogP contribution in [0.1, 0.15) is 15.9 Å². The van der Waals surface area contributed by atoms with Crippen LogP contribution in [0, 0.1) is 0 Å². The number of rotatable bonds is 3. The second-order valence-electron chi connectivity index (χ2n) is 5.41. The van der Waals surface area contributed by atoms with Crippen molar-refractivity contribution in [2.24, 2.45) is 10.7 Å². The molecule has 0 saturated carbocycles. The number of carbonyl (C=O) groups is 1. The number of pyridine rings is 1. The summed E-state index contributed by atoms with van der Waals surface area (Å²) in [6.07, 6.45) is 5.22. The number of carbonyl (C=O) groups excluding carboxylic acids is 1. The van der Waals surface area contributed by atoms with Crippen molar-refractivity contribution in [1.82, 2.24) is 14.5 Å². The molecule has 1 amide bonds. The van der Waals surface area contributed by atoms with Gasteiger partial charge >= 0.3 is 0 Å². The van der Waals surface area contributed by atoms with E-state index in [0.29, 0.717) is 22.6 Å². The standard InChI is InChI=1S/C18H15N5OS/c19-10-12-4-1-2-6-15(12)23-8-9-25-18(23)22-17(24)14-11-21-16-13(14)5-3-7-20-16/h1-9,11H,10,19H2,(H,20,21)/b22-18-. The summed E-state index contributed by atoms with van der Waals surface area (Å²) < 4.78 is 1.89. The van der Waals surface area contributed by atoms with Crippen LogP contribution in [-0.4, -0.2) is 20.4 Å². The van der Waals surface area contributed by atoms with E-state index in [4.69, 9.17) is 5.73 Å². The van der Waals surface area contributed by atoms with Crippen LogP contribution in [0.2, 0.25) is 0 Å². The van der Waals surface area contributed by atoms with Gasteiger partial charge in [-0.15, -0.1) is 11.3 Å². The van der Waals surface area contributed by atoms with Crippen LogP contribution in [0.5, 0.6) is 0 Å². The molecule has 25 heavy (non-hydrogen) atoms. The van der Waals surface area contributed by atoms with Crippen LogP contribution in [0.25, 0.3) is 16.7 Å². The van der Waals surface area contributed by atoms with Gasteiger partial charge in [-0.25, -0.2) is 4.98 Å². The smallest absolute Gasteiger partial charge is 0.281 e. The number of hydrogen-bond donors (Lipinski definition) is 2. The molecule has 124 valence electrons. The van der Waals surface area contributed by atoms with Gasteiger partial charge in [0, 0.05) is 35.9 Å². The Hall–Kier alpha value is -3.03. The number of nitrogens with two attached hydrogens (primary N) is 1. The second-order valence-corrected chi connectivity index (χ2v) is 6.28. The van der Waals surface area contributed by atoms with Crippen LogP contribution < -0.4 is 10.5 Å². The highest BCUT2D eigenvalue weighted by Gasteiger charge is 2.12. The number of nitrogens with one attached hydrogen (secondary N) is 1. The maximum atomic E-state index is 12.7. The monoisotopic (exact) mass is 349 g/mol. The number of fused-ring (bicyclic) bond motifs is 1. The molecule has 6 nitrogen and oxygen atoms in total. The average Bonchev–Trinajstić information content (AvgIpc) is 3.28. The molecule has 3 heterocycles. The Balaban J connectivity index is 1.81. The molecule has 4 rings (SSSR count). The third kappa shape index (κ3) is 2.79. The average molecular weight is 349 g/mol. The van der Waals surface area contributed by atoms with Gasteiger partial charge in [-0.1, -0.05) is 18.2 Å². The SMILES string of the molecule is NCc1ccccc1-n1ccs/c1=N\C(=O)c1c[nH]c2ncccc12. The van der Waals surface area contributed by atoms with E-state index in [9.17, 15) is 4.79 Å². The number of aromatic nitrogens is 3. The topological polar surface area (TPSA) is 89.1 Å². The lowest BCUT2D eigenvalue weighted by Crippen LogP contribution is -2.16. The first-order valence-electron chi connectivity index (χ1n) is 7.73. The van der Waals surface area contributed by atoms with Gasteiger partial charge in [-0.2, -0.15) is 4.99 Å². The molecule has 0 atom stereocenters. The van der Waals surface area contributed by atoms with Crippen LogP contribution in [0.3, 0.4) is 0 Å². The normalized spacial score (nSPS) is 12.0. The molecule has 4 aromatic rings. The maximum Gasteiger partial charge on any atom is 0.281 e. The Kier molecular flexibility index (Phi) is 4.01. The molecule has 1 aromatic carbocycles. The summed E-state index contributed by atoms with van der Waals surface area (Å²) in [6.45, 7) is 0.417. The first-order valence-corrected chi connectivity index (χ1v) is 8.61. The van der Waals surface area contributed by atoms with Crippen molar-refractivity contribution in [2.45, 2.75) is 6.54 Å². The Morgan fingerprint density at radius 3 is 3.04 bits per heavy atom. The van der Waals surface area contributed by atoms with Gasteiger partial charge in [0.25, 0.3) is 5.91 Å². The number of thiazole rings is 1. The first-order chi connectivity index (χ1) is 12.3. The molecule has 0 spiro atoms. The van der Waals surface area contributed by atoms with E-state index < -0.39 is 0 Å². The summed E-state index contributed by atoms with van der Waals surface area (Å²) in [5.41, 5.74) is 8.93. The molecule has 0 radical (unpaired) electrons. The van der Waals surface area contributed by atoms with E-state index in [0.717, 1.165) is 16.6 Å². The van der Waals surface area contributed by atoms with Gasteiger partial charge < -0.3 is 10.7 Å². The molecule has 0 saturated heterocycles. The Morgan fingerprint density at radius 2 is 2.16 bits per heavy atom. The molecular formula is C18H15N5OS. The fourth-order valence-electron chi connectivity index (χ4n) is 2.73. The minimum absolute atomic E-state index is 0.305. The zero-order valence-electron chi connectivity index (χ0n) is 13.2. The Bertz CT molecular complexity index is 1120. The summed E-state index contributed by atoms with van der Waals surface area (Å²) in [6, 6.07) is 11.5. The zero-order valence-corrected chi connectivity index (χ0v) is 14.0. The van der Waals surface area contributed by atoms with Crippen molar-refractivity contribution in [3.05, 3.63) is 76.3 Å². The Labute approximate surface area is 147 Å². The largest absolute Gasteiger partial charge is 0.345 e. The van der Waals surface area contributed by atoms with E-state index in [-0.39, 0.29) is 5.91 Å². The number of amides is 1. The number of benzene rings is 1. The minimum atomic E-state index is -0.305. The van der Waals surface area contributed by atoms with E-state index in [1.807, 2.05) is 46.5 Å². The number of aromatic amines is 1. The molecule has 0 fully saturated rings. The third-order valence-corrected chi connectivity index (χ3v) is 4.70. The van der Waals surface area contributed by atoms with Crippen molar-refractivity contribution in [1.29, 1.82) is 0 Å². The quantitative estimate of drug-likeness (QED) is 0.596. The summed E-state index contributed by atoms with van der Waals surface area (Å²) >= 11 is 1.40. The Morgan fingerprint density at radius 1 is 1.28 bits per heavy atom. The van der Waals surface area contributed by atoms with Gasteiger partial charge in [-0.3, -0.25) is 9.36 Å². The van der Waals surface area contributed by atoms with E-state index >= 15 is 0 Å². The molecule has 0 aliphatic carbocycles. The molecule has 0 aliphatic heterocycles. The van der Waals surface area contributed by atoms with Gasteiger partial charge in [0.1, 0.15) is 5.65 Å². The van der Waals surface area contributed by atoms with Gasteiger partial charge in [0.15, 0.2) is 4.80 Å². The number of hydrogen-bond acceptors (Lipinski definition) is 4. The number of H-pyrrole nitrogens is 1. The summed E-state index contributed by atoms with van der Waals surface area (Å²) in [7, 11) is 0. The van der Waals surface area contributed by atoms with E-state index in [1.54, 1.807) is 18.5 Å². The fourth-order valence-corrected chi connectivity index (χ4v) is 3.45. The number of nitrogens with zero attached hydrogens (tertiary/aromatic N) is 3. The van der Waals surface area contributed by atoms with Crippen molar-refractivity contribution in [2.75, 3.05) is 0 Å². The van der Waals surface area contributed by atoms with E-state index in [2.05, 4.69) is 15.0 Å². The van der Waals surface area contributed by atoms with E-state index in [1.165, 1.54) is 11.3 Å². The highest BCUT2D eigenvalue weighted by atomic mass is 32.1. The maximum absolute atomic E-state index is 12.7. The molecule has 7 heteroatoms. The predicted octanol–water partition coefficient (Wildman–Crippen LogP) is 2.61. The molecule has 3 aromatic heterocycles. The third-order valence-electron chi connectivity index (χ3n) is 3.94. The molecule has 3 N–H and O–H groups in total. The van der Waals surface area contributed by atoms with Gasteiger partial charge in [0.05, 0.1) is 11.3 Å². The first kappa shape index (κ1) is 15.5. The fraction of sp³-hybridized carbons (Fsp3) is 0.0556. The highest BCUT2D eigenvalue weighted by molar-refractivity contribution is 7.07. The lowest BCUT2D eigenvalue weighted by Gasteiger charge is -2.08. The molecule has 0 bridgehead atoms. The summed E-state index contributed by atoms with van der Waals surface area (Å²) in [5.74, 6) is -0.305. The van der Waals surface area contributed by atoms with Crippen LogP contribution in [0.4, 0.5) is 0 Å². The number of para-hydroxylation sites is 1. The van der Waals surface area contributed by atoms with Crippen LogP contribution in [-0.2, 0) is 6.54 Å². The molecule has 0 aliphatic rings. The minimum Gasteiger partial charge on any atom is -0.345 e. The second kappa shape index (κ2) is 6.46. The van der Waals surface area contributed by atoms with Crippen molar-refractivity contribution >= 4 is 28.3 Å². The highest BCUT2D eigenvalue weighted by Crippen LogP contribution is 2.17. The van der Waals surface area contributed by atoms with Gasteiger partial charge in [0.2, 0.25) is 0 Å². The van der Waals surface area contributed by atoms with Crippen LogP contribution >= 0.6 is 11.3 Å². The van der Waals surface area contributed by atoms with Gasteiger partial charge in [-0.05, 0) is 23.8 Å². The lowest BCUT2D eigenvalue weighted by atomic mass is 10.2. The zero-order chi connectivity index (χ0) is 17.2. The van der Waals surface area contributed by atoms with Crippen molar-refractivity contribution in [3.63, 3.8) is 0 Å². The van der Waals surface area contributed by atoms with Crippen LogP contribution in [0.15, 0.2) is 65.4 Å². The van der Waals surface area contributed by atoms with Crippen molar-refractivity contribution < 1.29 is 4.79 Å². The molecular weight excluding hydrogens is 334 g/mol. The lowest BCUT2D eigenvalue weighted by molar-refractivity contribution is 0.0999. The summed E-state index contributed by atoms with van der Waals surface area (Å²) in [4.78, 5) is 24.8. The predicted molar refractivity (Wildman–Crippen MR) is 97.5 cm³/mol. The summed E-state index contributed by atoms with van der Waals surface area (Å²) in [5, 5.41) is 2.66. The van der Waals surface area contributed by atoms with Crippen molar-refractivity contribution in [3.8, 4) is 5.69 Å². The molecule has 0 unspecified atom stereocenters.